The maximum absolute atomic E-state index is 12.7. The molecule has 180 valence electrons. The van der Waals surface area contributed by atoms with Gasteiger partial charge < -0.3 is 19.8 Å². The predicted octanol–water partition coefficient (Wildman–Crippen LogP) is 5.53. The van der Waals surface area contributed by atoms with Crippen molar-refractivity contribution in [3.63, 3.8) is 0 Å². The Bertz CT molecular complexity index is 1290. The van der Waals surface area contributed by atoms with Crippen LogP contribution in [-0.2, 0) is 19.6 Å². The van der Waals surface area contributed by atoms with Crippen molar-refractivity contribution in [1.29, 1.82) is 0 Å². The maximum atomic E-state index is 12.7. The van der Waals surface area contributed by atoms with Gasteiger partial charge in [0.1, 0.15) is 23.8 Å². The summed E-state index contributed by atoms with van der Waals surface area (Å²) in [5, 5.41) is 9.73. The molecular formula is C27H28N4O4. The lowest BCUT2D eigenvalue weighted by Crippen LogP contribution is -2.17. The number of benzene rings is 2. The smallest absolute Gasteiger partial charge is 0.291 e. The molecule has 0 radical (unpaired) electrons. The van der Waals surface area contributed by atoms with Crippen LogP contribution in [0.1, 0.15) is 52.6 Å². The molecule has 2 N–H and O–H groups in total. The highest BCUT2D eigenvalue weighted by atomic mass is 16.5. The number of carbonyl (C=O) groups excluding carboxylic acids is 2. The highest BCUT2D eigenvalue weighted by Gasteiger charge is 2.14. The van der Waals surface area contributed by atoms with E-state index in [-0.39, 0.29) is 18.3 Å². The van der Waals surface area contributed by atoms with Gasteiger partial charge >= 0.3 is 0 Å². The zero-order valence-corrected chi connectivity index (χ0v) is 19.8. The summed E-state index contributed by atoms with van der Waals surface area (Å²) in [6, 6.07) is 19.9. The zero-order valence-electron chi connectivity index (χ0n) is 19.8. The third-order valence-electron chi connectivity index (χ3n) is 5.36. The van der Waals surface area contributed by atoms with E-state index in [1.54, 1.807) is 53.3 Å². The number of nitrogens with zero attached hydrogens (tertiary/aromatic N) is 2. The molecule has 4 aromatic rings. The van der Waals surface area contributed by atoms with Crippen molar-refractivity contribution in [2.24, 2.45) is 0 Å². The molecule has 0 aliphatic rings. The summed E-state index contributed by atoms with van der Waals surface area (Å²) in [4.78, 5) is 25.2. The first-order valence-corrected chi connectivity index (χ1v) is 11.6. The molecular weight excluding hydrogens is 444 g/mol. The van der Waals surface area contributed by atoms with Gasteiger partial charge in [0.2, 0.25) is 0 Å². The molecule has 0 atom stereocenters. The lowest BCUT2D eigenvalue weighted by Gasteiger charge is -2.09. The number of rotatable bonds is 10. The van der Waals surface area contributed by atoms with Crippen molar-refractivity contribution in [1.82, 2.24) is 9.78 Å². The van der Waals surface area contributed by atoms with Crippen molar-refractivity contribution >= 4 is 23.2 Å². The summed E-state index contributed by atoms with van der Waals surface area (Å²) < 4.78 is 13.0. The third-order valence-corrected chi connectivity index (χ3v) is 5.36. The van der Waals surface area contributed by atoms with Crippen LogP contribution in [0.4, 0.5) is 11.4 Å². The van der Waals surface area contributed by atoms with E-state index in [1.807, 2.05) is 19.1 Å². The molecule has 4 rings (SSSR count). The number of furan rings is 1. The lowest BCUT2D eigenvalue weighted by atomic mass is 10.1. The molecule has 0 aliphatic heterocycles. The molecule has 2 amide bonds. The number of hydrogen-bond donors (Lipinski definition) is 2. The zero-order chi connectivity index (χ0) is 24.6. The van der Waals surface area contributed by atoms with Crippen molar-refractivity contribution in [3.05, 3.63) is 95.7 Å². The first kappa shape index (κ1) is 23.8. The molecule has 0 fully saturated rings. The molecule has 0 saturated carbocycles. The Morgan fingerprint density at radius 2 is 1.69 bits per heavy atom. The molecule has 0 spiro atoms. The molecule has 2 aromatic carbocycles. The minimum Gasteiger partial charge on any atom is -0.486 e. The Hall–Kier alpha value is -4.33. The van der Waals surface area contributed by atoms with Crippen LogP contribution in [0.25, 0.3) is 0 Å². The minimum atomic E-state index is -0.396. The normalized spacial score (nSPS) is 10.7. The average molecular weight is 473 g/mol. The van der Waals surface area contributed by atoms with Crippen molar-refractivity contribution in [2.45, 2.75) is 39.8 Å². The Morgan fingerprint density at radius 1 is 0.943 bits per heavy atom. The van der Waals surface area contributed by atoms with E-state index in [0.29, 0.717) is 29.4 Å². The fourth-order valence-corrected chi connectivity index (χ4v) is 3.61. The van der Waals surface area contributed by atoms with Gasteiger partial charge in [-0.15, -0.1) is 0 Å². The van der Waals surface area contributed by atoms with Gasteiger partial charge in [0.05, 0.1) is 0 Å². The fraction of sp³-hybridized carbons (Fsp3) is 0.222. The average Bonchev–Trinajstić information content (AvgIpc) is 3.54. The molecule has 0 aliphatic carbocycles. The number of ether oxygens (including phenoxy) is 1. The summed E-state index contributed by atoms with van der Waals surface area (Å²) >= 11 is 0. The van der Waals surface area contributed by atoms with Crippen molar-refractivity contribution in [2.75, 3.05) is 10.6 Å². The topological polar surface area (TPSA) is 98.4 Å². The molecule has 8 nitrogen and oxygen atoms in total. The van der Waals surface area contributed by atoms with Crippen LogP contribution in [0.5, 0.6) is 5.75 Å². The fourth-order valence-electron chi connectivity index (χ4n) is 3.61. The monoisotopic (exact) mass is 472 g/mol. The van der Waals surface area contributed by atoms with Crippen LogP contribution in [0.3, 0.4) is 0 Å². The first-order valence-electron chi connectivity index (χ1n) is 11.6. The SMILES string of the molecule is CCCc1ccc(OCc2ccc(C(=O)Nc3cccc(NC(=O)c4ccnn4CC)c3)o2)cc1. The summed E-state index contributed by atoms with van der Waals surface area (Å²) in [6.45, 7) is 4.87. The Kier molecular flexibility index (Phi) is 7.62. The molecule has 2 aromatic heterocycles. The second-order valence-electron chi connectivity index (χ2n) is 7.97. The van der Waals surface area contributed by atoms with Gasteiger partial charge in [-0.3, -0.25) is 14.3 Å². The van der Waals surface area contributed by atoms with E-state index in [9.17, 15) is 9.59 Å². The van der Waals surface area contributed by atoms with E-state index >= 15 is 0 Å². The van der Waals surface area contributed by atoms with E-state index in [1.165, 1.54) is 5.56 Å². The Balaban J connectivity index is 1.33. The molecule has 2 heterocycles. The van der Waals surface area contributed by atoms with Crippen LogP contribution in [0.2, 0.25) is 0 Å². The van der Waals surface area contributed by atoms with Gasteiger partial charge in [-0.2, -0.15) is 5.10 Å². The Morgan fingerprint density at radius 3 is 2.40 bits per heavy atom. The van der Waals surface area contributed by atoms with Crippen LogP contribution >= 0.6 is 0 Å². The number of aryl methyl sites for hydroxylation is 2. The maximum Gasteiger partial charge on any atom is 0.291 e. The van der Waals surface area contributed by atoms with E-state index in [4.69, 9.17) is 9.15 Å². The molecule has 0 unspecified atom stereocenters. The first-order chi connectivity index (χ1) is 17.1. The van der Waals surface area contributed by atoms with Gasteiger partial charge in [0, 0.05) is 24.1 Å². The van der Waals surface area contributed by atoms with Crippen LogP contribution in [0.15, 0.2) is 77.3 Å². The van der Waals surface area contributed by atoms with Crippen molar-refractivity contribution in [3.8, 4) is 5.75 Å². The van der Waals surface area contributed by atoms with Gasteiger partial charge in [0.25, 0.3) is 11.8 Å². The van der Waals surface area contributed by atoms with Crippen LogP contribution in [-0.4, -0.2) is 21.6 Å². The standard InChI is InChI=1S/C27H28N4O4/c1-3-6-19-9-11-22(12-10-19)34-18-23-13-14-25(35-23)27(33)30-21-8-5-7-20(17-21)29-26(32)24-15-16-28-31(24)4-2/h5,7-17H,3-4,6,18H2,1-2H3,(H,29,32)(H,30,33). The number of aromatic nitrogens is 2. The third kappa shape index (κ3) is 6.17. The van der Waals surface area contributed by atoms with E-state index < -0.39 is 5.91 Å². The molecule has 0 saturated heterocycles. The van der Waals surface area contributed by atoms with Gasteiger partial charge in [-0.1, -0.05) is 31.5 Å². The quantitative estimate of drug-likeness (QED) is 0.316. The second kappa shape index (κ2) is 11.2. The van der Waals surface area contributed by atoms with E-state index in [0.717, 1.165) is 18.6 Å². The Labute approximate surface area is 203 Å². The molecule has 35 heavy (non-hydrogen) atoms. The molecule has 8 heteroatoms. The number of hydrogen-bond acceptors (Lipinski definition) is 5. The number of carbonyl (C=O) groups is 2. The predicted molar refractivity (Wildman–Crippen MR) is 134 cm³/mol. The number of nitrogens with one attached hydrogen (secondary N) is 2. The highest BCUT2D eigenvalue weighted by molar-refractivity contribution is 6.05. The van der Waals surface area contributed by atoms with Gasteiger partial charge in [-0.05, 0) is 67.4 Å². The second-order valence-corrected chi connectivity index (χ2v) is 7.97. The molecule has 0 bridgehead atoms. The minimum absolute atomic E-state index is 0.170. The number of amides is 2. The van der Waals surface area contributed by atoms with Gasteiger partial charge in [0.15, 0.2) is 5.76 Å². The largest absolute Gasteiger partial charge is 0.486 e. The van der Waals surface area contributed by atoms with E-state index in [2.05, 4.69) is 34.8 Å². The summed E-state index contributed by atoms with van der Waals surface area (Å²) in [6.07, 6.45) is 3.72. The van der Waals surface area contributed by atoms with Crippen molar-refractivity contribution < 1.29 is 18.7 Å². The van der Waals surface area contributed by atoms with Crippen LogP contribution in [0, 0.1) is 0 Å². The van der Waals surface area contributed by atoms with Gasteiger partial charge in [-0.25, -0.2) is 0 Å². The summed E-state index contributed by atoms with van der Waals surface area (Å²) in [7, 11) is 0. The highest BCUT2D eigenvalue weighted by Crippen LogP contribution is 2.19. The lowest BCUT2D eigenvalue weighted by molar-refractivity contribution is 0.0990. The summed E-state index contributed by atoms with van der Waals surface area (Å²) in [5.74, 6) is 0.786. The van der Waals surface area contributed by atoms with Crippen LogP contribution < -0.4 is 15.4 Å². The number of anilines is 2. The summed E-state index contributed by atoms with van der Waals surface area (Å²) in [5.41, 5.74) is 2.81.